The van der Waals surface area contributed by atoms with Gasteiger partial charge >= 0.3 is 0 Å². The van der Waals surface area contributed by atoms with Gasteiger partial charge in [0, 0.05) is 32.2 Å². The van der Waals surface area contributed by atoms with Gasteiger partial charge in [0.25, 0.3) is 5.91 Å². The van der Waals surface area contributed by atoms with Crippen LogP contribution in [0.4, 0.5) is 5.82 Å². The maximum atomic E-state index is 12.0. The van der Waals surface area contributed by atoms with E-state index in [1.807, 2.05) is 19.0 Å². The van der Waals surface area contributed by atoms with E-state index in [1.165, 1.54) is 6.33 Å². The van der Waals surface area contributed by atoms with Crippen LogP contribution in [0.3, 0.4) is 0 Å². The summed E-state index contributed by atoms with van der Waals surface area (Å²) >= 11 is 0. The zero-order chi connectivity index (χ0) is 14.4. The van der Waals surface area contributed by atoms with Crippen molar-refractivity contribution in [2.24, 2.45) is 0 Å². The first-order valence-electron chi connectivity index (χ1n) is 6.74. The van der Waals surface area contributed by atoms with E-state index in [-0.39, 0.29) is 5.91 Å². The summed E-state index contributed by atoms with van der Waals surface area (Å²) in [6.45, 7) is 4.36. The number of anilines is 1. The van der Waals surface area contributed by atoms with Crippen LogP contribution in [-0.2, 0) is 4.74 Å². The Hall–Kier alpha value is -1.73. The summed E-state index contributed by atoms with van der Waals surface area (Å²) < 4.78 is 5.31. The molecular formula is C13H21N5O2. The van der Waals surface area contributed by atoms with Crippen LogP contribution in [0.2, 0.25) is 0 Å². The number of morpholine rings is 1. The van der Waals surface area contributed by atoms with Crippen molar-refractivity contribution >= 4 is 11.7 Å². The first-order valence-corrected chi connectivity index (χ1v) is 6.74. The van der Waals surface area contributed by atoms with E-state index < -0.39 is 0 Å². The van der Waals surface area contributed by atoms with Gasteiger partial charge in [0.05, 0.1) is 13.2 Å². The lowest BCUT2D eigenvalue weighted by molar-refractivity contribution is 0.0946. The number of hydrogen-bond donors (Lipinski definition) is 1. The quantitative estimate of drug-likeness (QED) is 0.791. The van der Waals surface area contributed by atoms with Gasteiger partial charge in [0.1, 0.15) is 17.8 Å². The van der Waals surface area contributed by atoms with E-state index in [0.717, 1.165) is 25.5 Å². The molecule has 1 saturated heterocycles. The number of carbonyl (C=O) groups is 1. The Kier molecular flexibility index (Phi) is 5.25. The summed E-state index contributed by atoms with van der Waals surface area (Å²) in [5, 5.41) is 2.85. The molecule has 0 aliphatic carbocycles. The van der Waals surface area contributed by atoms with Crippen molar-refractivity contribution in [1.29, 1.82) is 0 Å². The minimum atomic E-state index is -0.163. The molecule has 0 saturated carbocycles. The average Bonchev–Trinajstić information content (AvgIpc) is 2.48. The molecule has 20 heavy (non-hydrogen) atoms. The van der Waals surface area contributed by atoms with Crippen molar-refractivity contribution in [2.75, 3.05) is 58.4 Å². The lowest BCUT2D eigenvalue weighted by Crippen LogP contribution is -2.37. The predicted octanol–water partition coefficient (Wildman–Crippen LogP) is -0.395. The summed E-state index contributed by atoms with van der Waals surface area (Å²) in [6.07, 6.45) is 1.44. The number of nitrogens with zero attached hydrogens (tertiary/aromatic N) is 4. The Bertz CT molecular complexity index is 446. The van der Waals surface area contributed by atoms with E-state index in [2.05, 4.69) is 20.2 Å². The van der Waals surface area contributed by atoms with Crippen LogP contribution in [0.5, 0.6) is 0 Å². The topological polar surface area (TPSA) is 70.6 Å². The molecule has 1 aromatic rings. The molecule has 110 valence electrons. The molecule has 2 heterocycles. The molecule has 1 N–H and O–H groups in total. The highest BCUT2D eigenvalue weighted by Gasteiger charge is 2.15. The van der Waals surface area contributed by atoms with Gasteiger partial charge in [-0.1, -0.05) is 0 Å². The predicted molar refractivity (Wildman–Crippen MR) is 76.0 cm³/mol. The van der Waals surface area contributed by atoms with E-state index in [0.29, 0.717) is 25.5 Å². The van der Waals surface area contributed by atoms with Crippen LogP contribution in [0, 0.1) is 0 Å². The first kappa shape index (κ1) is 14.7. The molecule has 1 aliphatic rings. The van der Waals surface area contributed by atoms with E-state index in [9.17, 15) is 4.79 Å². The number of aromatic nitrogens is 2. The molecule has 1 aliphatic heterocycles. The van der Waals surface area contributed by atoms with Crippen molar-refractivity contribution in [1.82, 2.24) is 20.2 Å². The third kappa shape index (κ3) is 4.14. The van der Waals surface area contributed by atoms with Gasteiger partial charge in [0.15, 0.2) is 0 Å². The second kappa shape index (κ2) is 7.16. The lowest BCUT2D eigenvalue weighted by atomic mass is 10.3. The van der Waals surface area contributed by atoms with Crippen molar-refractivity contribution in [2.45, 2.75) is 0 Å². The minimum absolute atomic E-state index is 0.163. The van der Waals surface area contributed by atoms with Gasteiger partial charge < -0.3 is 19.9 Å². The molecular weight excluding hydrogens is 258 g/mol. The standard InChI is InChI=1S/C13H21N5O2/c1-17(2)4-3-14-13(19)11-9-12(16-10-15-11)18-5-7-20-8-6-18/h9-10H,3-8H2,1-2H3,(H,14,19). The number of amides is 1. The molecule has 0 atom stereocenters. The van der Waals surface area contributed by atoms with Crippen LogP contribution in [-0.4, -0.2) is 74.3 Å². The van der Waals surface area contributed by atoms with E-state index >= 15 is 0 Å². The fraction of sp³-hybridized carbons (Fsp3) is 0.615. The van der Waals surface area contributed by atoms with Gasteiger partial charge in [0.2, 0.25) is 0 Å². The van der Waals surface area contributed by atoms with Crippen molar-refractivity contribution < 1.29 is 9.53 Å². The van der Waals surface area contributed by atoms with Crippen molar-refractivity contribution in [3.63, 3.8) is 0 Å². The van der Waals surface area contributed by atoms with Gasteiger partial charge in [-0.3, -0.25) is 4.79 Å². The van der Waals surface area contributed by atoms with Crippen LogP contribution >= 0.6 is 0 Å². The minimum Gasteiger partial charge on any atom is -0.378 e. The Morgan fingerprint density at radius 2 is 2.15 bits per heavy atom. The average molecular weight is 279 g/mol. The van der Waals surface area contributed by atoms with Gasteiger partial charge in [-0.05, 0) is 14.1 Å². The van der Waals surface area contributed by atoms with Crippen molar-refractivity contribution in [3.8, 4) is 0 Å². The third-order valence-electron chi connectivity index (χ3n) is 3.06. The fourth-order valence-corrected chi connectivity index (χ4v) is 1.92. The number of nitrogens with one attached hydrogen (secondary N) is 1. The molecule has 1 amide bonds. The molecule has 0 aromatic carbocycles. The molecule has 0 unspecified atom stereocenters. The fourth-order valence-electron chi connectivity index (χ4n) is 1.92. The highest BCUT2D eigenvalue weighted by molar-refractivity contribution is 5.92. The molecule has 0 radical (unpaired) electrons. The number of likely N-dealkylation sites (N-methyl/N-ethyl adjacent to an activating group) is 1. The summed E-state index contributed by atoms with van der Waals surface area (Å²) in [5.74, 6) is 0.616. The second-order valence-corrected chi connectivity index (χ2v) is 4.92. The van der Waals surface area contributed by atoms with E-state index in [1.54, 1.807) is 6.07 Å². The molecule has 0 bridgehead atoms. The second-order valence-electron chi connectivity index (χ2n) is 4.92. The smallest absolute Gasteiger partial charge is 0.270 e. The van der Waals surface area contributed by atoms with Crippen LogP contribution in [0.1, 0.15) is 10.5 Å². The highest BCUT2D eigenvalue weighted by Crippen LogP contribution is 2.12. The number of ether oxygens (including phenoxy) is 1. The molecule has 1 aromatic heterocycles. The van der Waals surface area contributed by atoms with Crippen molar-refractivity contribution in [3.05, 3.63) is 18.1 Å². The molecule has 2 rings (SSSR count). The third-order valence-corrected chi connectivity index (χ3v) is 3.06. The highest BCUT2D eigenvalue weighted by atomic mass is 16.5. The Morgan fingerprint density at radius 3 is 2.85 bits per heavy atom. The summed E-state index contributed by atoms with van der Waals surface area (Å²) in [6, 6.07) is 1.73. The lowest BCUT2D eigenvalue weighted by Gasteiger charge is -2.27. The van der Waals surface area contributed by atoms with E-state index in [4.69, 9.17) is 4.74 Å². The maximum Gasteiger partial charge on any atom is 0.270 e. The molecule has 7 heteroatoms. The zero-order valence-electron chi connectivity index (χ0n) is 12.0. The number of carbonyl (C=O) groups excluding carboxylic acids is 1. The van der Waals surface area contributed by atoms with Gasteiger partial charge in [-0.25, -0.2) is 9.97 Å². The largest absolute Gasteiger partial charge is 0.378 e. The van der Waals surface area contributed by atoms with Gasteiger partial charge in [-0.2, -0.15) is 0 Å². The summed E-state index contributed by atoms with van der Waals surface area (Å²) in [5.41, 5.74) is 0.403. The zero-order valence-corrected chi connectivity index (χ0v) is 12.0. The summed E-state index contributed by atoms with van der Waals surface area (Å²) in [4.78, 5) is 24.4. The number of rotatable bonds is 5. The van der Waals surface area contributed by atoms with Crippen LogP contribution in [0.15, 0.2) is 12.4 Å². The first-order chi connectivity index (χ1) is 9.66. The maximum absolute atomic E-state index is 12.0. The molecule has 0 spiro atoms. The normalized spacial score (nSPS) is 15.4. The number of hydrogen-bond acceptors (Lipinski definition) is 6. The molecule has 1 fully saturated rings. The van der Waals surface area contributed by atoms with Crippen LogP contribution in [0.25, 0.3) is 0 Å². The SMILES string of the molecule is CN(C)CCNC(=O)c1cc(N2CCOCC2)ncn1. The van der Waals surface area contributed by atoms with Crippen LogP contribution < -0.4 is 10.2 Å². The molecule has 7 nitrogen and oxygen atoms in total. The Balaban J connectivity index is 1.96. The van der Waals surface area contributed by atoms with Gasteiger partial charge in [-0.15, -0.1) is 0 Å². The Morgan fingerprint density at radius 1 is 1.40 bits per heavy atom. The monoisotopic (exact) mass is 279 g/mol. The summed E-state index contributed by atoms with van der Waals surface area (Å²) in [7, 11) is 3.93. The Labute approximate surface area is 118 Å².